The first-order valence-electron chi connectivity index (χ1n) is 9.91. The second-order valence-corrected chi connectivity index (χ2v) is 7.35. The molecule has 2 heteroatoms. The molecule has 0 unspecified atom stereocenters. The molecule has 1 heterocycles. The van der Waals surface area contributed by atoms with Crippen LogP contribution in [-0.4, -0.2) is 10.8 Å². The highest BCUT2D eigenvalue weighted by Crippen LogP contribution is 2.29. The Labute approximate surface area is 170 Å². The molecule has 29 heavy (non-hydrogen) atoms. The lowest BCUT2D eigenvalue weighted by Crippen LogP contribution is -1.98. The lowest BCUT2D eigenvalue weighted by atomic mass is 9.99. The van der Waals surface area contributed by atoms with E-state index in [0.717, 1.165) is 5.56 Å². The van der Waals surface area contributed by atoms with Gasteiger partial charge in [-0.1, -0.05) is 84.9 Å². The average molecular weight is 374 g/mol. The van der Waals surface area contributed by atoms with Crippen molar-refractivity contribution in [2.75, 3.05) is 0 Å². The van der Waals surface area contributed by atoms with Crippen molar-refractivity contribution in [2.24, 2.45) is 12.0 Å². The molecule has 0 amide bonds. The second kappa shape index (κ2) is 7.40. The van der Waals surface area contributed by atoms with Crippen LogP contribution < -0.4 is 0 Å². The quantitative estimate of drug-likeness (QED) is 0.318. The smallest absolute Gasteiger partial charge is 0.0999 e. The number of aryl methyl sites for hydroxylation is 1. The minimum atomic E-state index is -0.0133. The standard InChI is InChI=1S/C27H22N2/c1-29-25-15-9-8-14-23(25)24-18-20(16-17-26(24)29)19-28-27(21-10-4-2-5-11-21)22-12-6-3-7-13-22/h2-19,27H,1H3. The van der Waals surface area contributed by atoms with Gasteiger partial charge >= 0.3 is 0 Å². The van der Waals surface area contributed by atoms with E-state index in [1.54, 1.807) is 0 Å². The van der Waals surface area contributed by atoms with Gasteiger partial charge in [0.05, 0.1) is 6.04 Å². The Balaban J connectivity index is 1.58. The molecule has 4 aromatic carbocycles. The van der Waals surface area contributed by atoms with Gasteiger partial charge in [0.15, 0.2) is 0 Å². The molecule has 0 radical (unpaired) electrons. The zero-order chi connectivity index (χ0) is 19.6. The predicted octanol–water partition coefficient (Wildman–Crippen LogP) is 6.54. The number of hydrogen-bond acceptors (Lipinski definition) is 1. The van der Waals surface area contributed by atoms with Crippen LogP contribution in [0.4, 0.5) is 0 Å². The van der Waals surface area contributed by atoms with E-state index < -0.39 is 0 Å². The van der Waals surface area contributed by atoms with Gasteiger partial charge in [-0.05, 0) is 34.9 Å². The number of hydrogen-bond donors (Lipinski definition) is 0. The van der Waals surface area contributed by atoms with Gasteiger partial charge in [0, 0.05) is 35.1 Å². The first-order chi connectivity index (χ1) is 14.3. The molecule has 0 N–H and O–H groups in total. The number of nitrogens with zero attached hydrogens (tertiary/aromatic N) is 2. The zero-order valence-electron chi connectivity index (χ0n) is 16.4. The summed E-state index contributed by atoms with van der Waals surface area (Å²) in [6.45, 7) is 0. The molecule has 0 spiro atoms. The first kappa shape index (κ1) is 17.4. The van der Waals surface area contributed by atoms with Gasteiger partial charge in [-0.15, -0.1) is 0 Å². The van der Waals surface area contributed by atoms with Crippen LogP contribution in [-0.2, 0) is 7.05 Å². The van der Waals surface area contributed by atoms with Crippen LogP contribution in [0.1, 0.15) is 22.7 Å². The van der Waals surface area contributed by atoms with E-state index in [-0.39, 0.29) is 6.04 Å². The lowest BCUT2D eigenvalue weighted by molar-refractivity contribution is 0.878. The molecule has 0 saturated heterocycles. The number of aliphatic imine (C=N–C) groups is 1. The van der Waals surface area contributed by atoms with E-state index in [2.05, 4.69) is 103 Å². The number of aromatic nitrogens is 1. The van der Waals surface area contributed by atoms with Gasteiger partial charge < -0.3 is 4.57 Å². The summed E-state index contributed by atoms with van der Waals surface area (Å²) in [7, 11) is 2.12. The number of para-hydroxylation sites is 1. The van der Waals surface area contributed by atoms with Crippen molar-refractivity contribution in [3.63, 3.8) is 0 Å². The Morgan fingerprint density at radius 2 is 1.24 bits per heavy atom. The van der Waals surface area contributed by atoms with Crippen LogP contribution in [0.5, 0.6) is 0 Å². The van der Waals surface area contributed by atoms with E-state index >= 15 is 0 Å². The van der Waals surface area contributed by atoms with Gasteiger partial charge in [-0.3, -0.25) is 4.99 Å². The molecule has 0 bridgehead atoms. The molecular weight excluding hydrogens is 352 g/mol. The van der Waals surface area contributed by atoms with Crippen molar-refractivity contribution in [3.05, 3.63) is 120 Å². The van der Waals surface area contributed by atoms with Crippen molar-refractivity contribution >= 4 is 28.0 Å². The highest BCUT2D eigenvalue weighted by molar-refractivity contribution is 6.09. The zero-order valence-corrected chi connectivity index (χ0v) is 16.4. The highest BCUT2D eigenvalue weighted by Gasteiger charge is 2.12. The lowest BCUT2D eigenvalue weighted by Gasteiger charge is -2.13. The fourth-order valence-electron chi connectivity index (χ4n) is 4.06. The van der Waals surface area contributed by atoms with Gasteiger partial charge in [-0.2, -0.15) is 0 Å². The van der Waals surface area contributed by atoms with E-state index in [1.807, 2.05) is 18.3 Å². The number of rotatable bonds is 4. The molecular formula is C27H22N2. The normalized spacial score (nSPS) is 11.8. The summed E-state index contributed by atoms with van der Waals surface area (Å²) in [5.74, 6) is 0. The fraction of sp³-hybridized carbons (Fsp3) is 0.0741. The van der Waals surface area contributed by atoms with Crippen LogP contribution >= 0.6 is 0 Å². The first-order valence-corrected chi connectivity index (χ1v) is 9.91. The van der Waals surface area contributed by atoms with Crippen molar-refractivity contribution in [1.82, 2.24) is 4.57 Å². The Kier molecular flexibility index (Phi) is 4.45. The highest BCUT2D eigenvalue weighted by atomic mass is 14.9. The van der Waals surface area contributed by atoms with Crippen molar-refractivity contribution in [2.45, 2.75) is 6.04 Å². The maximum Gasteiger partial charge on any atom is 0.0999 e. The number of fused-ring (bicyclic) bond motifs is 3. The summed E-state index contributed by atoms with van der Waals surface area (Å²) < 4.78 is 2.25. The maximum atomic E-state index is 5.00. The summed E-state index contributed by atoms with van der Waals surface area (Å²) in [5.41, 5.74) is 6.00. The Hall–Kier alpha value is -3.65. The molecule has 0 aliphatic heterocycles. The summed E-state index contributed by atoms with van der Waals surface area (Å²) >= 11 is 0. The molecule has 0 fully saturated rings. The van der Waals surface area contributed by atoms with Crippen LogP contribution in [0.2, 0.25) is 0 Å². The molecule has 1 aromatic heterocycles. The summed E-state index contributed by atoms with van der Waals surface area (Å²) in [5, 5.41) is 2.55. The van der Waals surface area contributed by atoms with E-state index in [1.165, 1.54) is 32.9 Å². The molecule has 140 valence electrons. The topological polar surface area (TPSA) is 17.3 Å². The van der Waals surface area contributed by atoms with E-state index in [0.29, 0.717) is 0 Å². The fourth-order valence-corrected chi connectivity index (χ4v) is 4.06. The molecule has 0 saturated carbocycles. The Morgan fingerprint density at radius 3 is 1.93 bits per heavy atom. The van der Waals surface area contributed by atoms with E-state index in [9.17, 15) is 0 Å². The predicted molar refractivity (Wildman–Crippen MR) is 123 cm³/mol. The Morgan fingerprint density at radius 1 is 0.655 bits per heavy atom. The average Bonchev–Trinajstić information content (AvgIpc) is 3.07. The molecule has 2 nitrogen and oxygen atoms in total. The third kappa shape index (κ3) is 3.23. The van der Waals surface area contributed by atoms with Gasteiger partial charge in [-0.25, -0.2) is 0 Å². The number of benzene rings is 4. The summed E-state index contributed by atoms with van der Waals surface area (Å²) in [6, 6.07) is 36.1. The molecule has 5 aromatic rings. The molecule has 0 aliphatic rings. The van der Waals surface area contributed by atoms with Gasteiger partial charge in [0.2, 0.25) is 0 Å². The van der Waals surface area contributed by atoms with Gasteiger partial charge in [0.25, 0.3) is 0 Å². The van der Waals surface area contributed by atoms with Crippen LogP contribution in [0.25, 0.3) is 21.8 Å². The third-order valence-corrected chi connectivity index (χ3v) is 5.54. The maximum absolute atomic E-state index is 5.00. The monoisotopic (exact) mass is 374 g/mol. The summed E-state index contributed by atoms with van der Waals surface area (Å²) in [6.07, 6.45) is 2.01. The van der Waals surface area contributed by atoms with Gasteiger partial charge in [0.1, 0.15) is 0 Å². The minimum absolute atomic E-state index is 0.0133. The van der Waals surface area contributed by atoms with Crippen LogP contribution in [0.3, 0.4) is 0 Å². The van der Waals surface area contributed by atoms with Crippen molar-refractivity contribution in [3.8, 4) is 0 Å². The third-order valence-electron chi connectivity index (χ3n) is 5.54. The molecule has 5 rings (SSSR count). The van der Waals surface area contributed by atoms with Crippen LogP contribution in [0.15, 0.2) is 108 Å². The SMILES string of the molecule is Cn1c2ccccc2c2cc(C=NC(c3ccccc3)c3ccccc3)ccc21. The van der Waals surface area contributed by atoms with Crippen molar-refractivity contribution in [1.29, 1.82) is 0 Å². The minimum Gasteiger partial charge on any atom is -0.344 e. The largest absolute Gasteiger partial charge is 0.344 e. The molecule has 0 atom stereocenters. The molecule has 0 aliphatic carbocycles. The summed E-state index contributed by atoms with van der Waals surface area (Å²) in [4.78, 5) is 5.00. The van der Waals surface area contributed by atoms with Crippen molar-refractivity contribution < 1.29 is 0 Å². The second-order valence-electron chi connectivity index (χ2n) is 7.35. The van der Waals surface area contributed by atoms with E-state index in [4.69, 9.17) is 4.99 Å². The van der Waals surface area contributed by atoms with Crippen LogP contribution in [0, 0.1) is 0 Å². The Bertz CT molecular complexity index is 1260.